The lowest BCUT2D eigenvalue weighted by Gasteiger charge is -2.17. The van der Waals surface area contributed by atoms with E-state index in [2.05, 4.69) is 11.6 Å². The van der Waals surface area contributed by atoms with E-state index < -0.39 is 17.3 Å². The van der Waals surface area contributed by atoms with Gasteiger partial charge in [-0.05, 0) is 42.2 Å². The molecule has 1 aromatic carbocycles. The number of benzene rings is 1. The lowest BCUT2D eigenvalue weighted by atomic mass is 10.0. The van der Waals surface area contributed by atoms with E-state index in [0.717, 1.165) is 6.08 Å². The Hall–Kier alpha value is -3.13. The van der Waals surface area contributed by atoms with Gasteiger partial charge in [-0.3, -0.25) is 9.59 Å². The van der Waals surface area contributed by atoms with E-state index in [4.69, 9.17) is 0 Å². The number of nitrogens with zero attached hydrogens (tertiary/aromatic N) is 1. The normalized spacial score (nSPS) is 18.4. The molecule has 158 valence electrons. The molecule has 1 aliphatic rings. The van der Waals surface area contributed by atoms with Crippen LogP contribution in [0.2, 0.25) is 0 Å². The summed E-state index contributed by atoms with van der Waals surface area (Å²) >= 11 is 0. The third-order valence-electron chi connectivity index (χ3n) is 5.12. The fourth-order valence-electron chi connectivity index (χ4n) is 3.51. The van der Waals surface area contributed by atoms with Crippen molar-refractivity contribution >= 4 is 27.9 Å². The zero-order valence-electron chi connectivity index (χ0n) is 16.3. The Morgan fingerprint density at radius 3 is 2.67 bits per heavy atom. The van der Waals surface area contributed by atoms with E-state index in [1.807, 2.05) is 0 Å². The van der Waals surface area contributed by atoms with Crippen molar-refractivity contribution in [3.63, 3.8) is 0 Å². The van der Waals surface area contributed by atoms with Crippen molar-refractivity contribution in [2.24, 2.45) is 5.92 Å². The second kappa shape index (κ2) is 8.31. The predicted molar refractivity (Wildman–Crippen MR) is 110 cm³/mol. The number of carbonyl (C=O) groups excluding carboxylic acids is 1. The van der Waals surface area contributed by atoms with Crippen molar-refractivity contribution < 1.29 is 23.1 Å². The van der Waals surface area contributed by atoms with Gasteiger partial charge in [-0.15, -0.1) is 0 Å². The molecule has 5 nitrogen and oxygen atoms in total. The van der Waals surface area contributed by atoms with Gasteiger partial charge in [0.1, 0.15) is 0 Å². The maximum atomic E-state index is 13.4. The molecule has 1 aliphatic heterocycles. The number of aromatic nitrogens is 1. The zero-order chi connectivity index (χ0) is 22.1. The number of amides is 1. The van der Waals surface area contributed by atoms with Gasteiger partial charge in [-0.25, -0.2) is 0 Å². The van der Waals surface area contributed by atoms with Crippen LogP contribution in [0, 0.1) is 5.92 Å². The molecule has 0 bridgehead atoms. The maximum Gasteiger partial charge on any atom is 0.416 e. The van der Waals surface area contributed by atoms with Crippen molar-refractivity contribution in [3.05, 3.63) is 70.7 Å². The van der Waals surface area contributed by atoms with Crippen LogP contribution in [-0.2, 0) is 4.79 Å². The van der Waals surface area contributed by atoms with Crippen LogP contribution < -0.4 is 10.5 Å². The van der Waals surface area contributed by atoms with Gasteiger partial charge in [0.2, 0.25) is 5.91 Å². The fraction of sp³-hybridized carbons (Fsp3) is 0.273. The Labute approximate surface area is 170 Å². The first-order valence-corrected chi connectivity index (χ1v) is 9.31. The largest absolute Gasteiger partial charge is 0.416 e. The highest BCUT2D eigenvalue weighted by molar-refractivity contribution is 5.98. The summed E-state index contributed by atoms with van der Waals surface area (Å²) in [6.45, 7) is 4.92. The molecule has 1 atom stereocenters. The van der Waals surface area contributed by atoms with Gasteiger partial charge in [-0.2, -0.15) is 13.2 Å². The number of alkyl halides is 3. The van der Waals surface area contributed by atoms with Gasteiger partial charge in [0.05, 0.1) is 5.57 Å². The van der Waals surface area contributed by atoms with Crippen LogP contribution >= 0.6 is 0 Å². The molecule has 1 amide bonds. The lowest BCUT2D eigenvalue weighted by molar-refractivity contribution is -0.117. The summed E-state index contributed by atoms with van der Waals surface area (Å²) in [5.74, 6) is -0.310. The average molecular weight is 418 g/mol. The number of aliphatic hydroxyl groups excluding tert-OH is 1. The van der Waals surface area contributed by atoms with E-state index in [0.29, 0.717) is 17.6 Å². The fourth-order valence-corrected chi connectivity index (χ4v) is 3.51. The van der Waals surface area contributed by atoms with E-state index in [-0.39, 0.29) is 41.5 Å². The van der Waals surface area contributed by atoms with Crippen LogP contribution in [0.5, 0.6) is 0 Å². The number of aromatic amines is 1. The monoisotopic (exact) mass is 418 g/mol. The quantitative estimate of drug-likeness (QED) is 0.723. The molecule has 0 aliphatic carbocycles. The number of carbonyl (C=O) groups is 1. The second-order valence-electron chi connectivity index (χ2n) is 7.17. The van der Waals surface area contributed by atoms with Gasteiger partial charge in [0.25, 0.3) is 5.56 Å². The number of nitrogens with one attached hydrogen (secondary N) is 1. The van der Waals surface area contributed by atoms with Crippen LogP contribution in [0.3, 0.4) is 0 Å². The molecule has 1 unspecified atom stereocenters. The third kappa shape index (κ3) is 4.23. The van der Waals surface area contributed by atoms with E-state index in [1.54, 1.807) is 12.1 Å². The third-order valence-corrected chi connectivity index (χ3v) is 5.12. The Kier molecular flexibility index (Phi) is 5.98. The average Bonchev–Trinajstić information content (AvgIpc) is 3.07. The minimum absolute atomic E-state index is 0.0545. The number of halogens is 3. The molecular weight excluding hydrogens is 397 g/mol. The summed E-state index contributed by atoms with van der Waals surface area (Å²) in [7, 11) is 0. The summed E-state index contributed by atoms with van der Waals surface area (Å²) in [4.78, 5) is 28.8. The number of anilines is 1. The lowest BCUT2D eigenvalue weighted by Crippen LogP contribution is -2.25. The topological polar surface area (TPSA) is 73.4 Å². The molecule has 1 fully saturated rings. The van der Waals surface area contributed by atoms with Crippen LogP contribution in [-0.4, -0.2) is 35.3 Å². The predicted octanol–water partition coefficient (Wildman–Crippen LogP) is 3.95. The minimum Gasteiger partial charge on any atom is -0.396 e. The van der Waals surface area contributed by atoms with Gasteiger partial charge in [0, 0.05) is 42.3 Å². The van der Waals surface area contributed by atoms with Gasteiger partial charge in [0.15, 0.2) is 0 Å². The number of fused-ring (bicyclic) bond motifs is 1. The Morgan fingerprint density at radius 1 is 1.33 bits per heavy atom. The Bertz CT molecular complexity index is 1110. The highest BCUT2D eigenvalue weighted by Gasteiger charge is 2.34. The summed E-state index contributed by atoms with van der Waals surface area (Å²) in [6, 6.07) is 6.26. The van der Waals surface area contributed by atoms with E-state index in [9.17, 15) is 27.9 Å². The summed E-state index contributed by atoms with van der Waals surface area (Å²) in [5.41, 5.74) is -0.989. The SMILES string of the molecule is C=C/C=C\C(=C(/C)c1cc2ccc(N3CC(CO)CC3=O)cc2c(=O)[nH]1)C(F)(F)F. The Morgan fingerprint density at radius 2 is 2.07 bits per heavy atom. The van der Waals surface area contributed by atoms with Crippen molar-refractivity contribution in [2.45, 2.75) is 19.5 Å². The van der Waals surface area contributed by atoms with Crippen LogP contribution in [0.15, 0.2) is 59.4 Å². The molecule has 0 saturated carbocycles. The zero-order valence-corrected chi connectivity index (χ0v) is 16.3. The molecule has 8 heteroatoms. The second-order valence-corrected chi connectivity index (χ2v) is 7.17. The van der Waals surface area contributed by atoms with Crippen molar-refractivity contribution in [1.82, 2.24) is 4.98 Å². The minimum atomic E-state index is -4.60. The van der Waals surface area contributed by atoms with Gasteiger partial charge >= 0.3 is 6.18 Å². The molecule has 2 N–H and O–H groups in total. The number of hydrogen-bond acceptors (Lipinski definition) is 3. The number of rotatable bonds is 5. The van der Waals surface area contributed by atoms with Crippen LogP contribution in [0.4, 0.5) is 18.9 Å². The molecule has 3 rings (SSSR count). The molecule has 0 spiro atoms. The first-order valence-electron chi connectivity index (χ1n) is 9.31. The molecule has 0 radical (unpaired) electrons. The Balaban J connectivity index is 2.08. The smallest absolute Gasteiger partial charge is 0.396 e. The summed E-state index contributed by atoms with van der Waals surface area (Å²) < 4.78 is 40.3. The first kappa shape index (κ1) is 21.6. The molecule has 1 saturated heterocycles. The first-order chi connectivity index (χ1) is 14.2. The number of H-pyrrole nitrogens is 1. The van der Waals surface area contributed by atoms with Crippen molar-refractivity contribution in [2.75, 3.05) is 18.1 Å². The molecule has 1 aromatic heterocycles. The maximum absolute atomic E-state index is 13.4. The van der Waals surface area contributed by atoms with Crippen LogP contribution in [0.1, 0.15) is 19.0 Å². The summed E-state index contributed by atoms with van der Waals surface area (Å²) in [5, 5.41) is 9.99. The number of allylic oxidation sites excluding steroid dienone is 5. The standard InChI is InChI=1S/C22H21F3N2O3/c1-3-4-5-18(22(23,24)25)13(2)19-9-15-6-7-16(10-17(15)21(30)26-19)27-11-14(12-28)8-20(27)29/h3-7,9-10,14,28H,1,8,11-12H2,2H3,(H,26,30)/b5-4-,18-13-. The highest BCUT2D eigenvalue weighted by Crippen LogP contribution is 2.33. The molecular formula is C22H21F3N2O3. The van der Waals surface area contributed by atoms with Crippen molar-refractivity contribution in [1.29, 1.82) is 0 Å². The van der Waals surface area contributed by atoms with Gasteiger partial charge in [-0.1, -0.05) is 24.8 Å². The van der Waals surface area contributed by atoms with E-state index >= 15 is 0 Å². The highest BCUT2D eigenvalue weighted by atomic mass is 19.4. The molecule has 30 heavy (non-hydrogen) atoms. The van der Waals surface area contributed by atoms with Gasteiger partial charge < -0.3 is 15.0 Å². The number of hydrogen-bond donors (Lipinski definition) is 2. The van der Waals surface area contributed by atoms with Crippen molar-refractivity contribution in [3.8, 4) is 0 Å². The number of pyridine rings is 1. The van der Waals surface area contributed by atoms with E-state index in [1.165, 1.54) is 36.1 Å². The summed E-state index contributed by atoms with van der Waals surface area (Å²) in [6.07, 6.45) is -1.04. The molecule has 2 heterocycles. The number of aliphatic hydroxyl groups is 1. The van der Waals surface area contributed by atoms with Crippen LogP contribution in [0.25, 0.3) is 16.3 Å². The molecule has 2 aromatic rings.